The van der Waals surface area contributed by atoms with Crippen LogP contribution in [0.4, 0.5) is 5.00 Å². The number of carbonyl (C=O) groups excluding carboxylic acids is 3. The first-order valence-electron chi connectivity index (χ1n) is 9.02. The second-order valence-corrected chi connectivity index (χ2v) is 7.41. The number of amides is 2. The highest BCUT2D eigenvalue weighted by molar-refractivity contribution is 7.18. The first kappa shape index (κ1) is 20.4. The van der Waals surface area contributed by atoms with Crippen molar-refractivity contribution in [3.8, 4) is 0 Å². The topological polar surface area (TPSA) is 87.7 Å². The third-order valence-corrected chi connectivity index (χ3v) is 5.37. The van der Waals surface area contributed by atoms with E-state index in [9.17, 15) is 14.4 Å². The fourth-order valence-electron chi connectivity index (χ4n) is 3.05. The zero-order chi connectivity index (χ0) is 19.1. The number of anilines is 1. The molecule has 2 N–H and O–H groups in total. The molecule has 0 aromatic carbocycles. The molecule has 1 saturated heterocycles. The second-order valence-electron chi connectivity index (χ2n) is 6.36. The van der Waals surface area contributed by atoms with Crippen molar-refractivity contribution >= 4 is 34.1 Å². The summed E-state index contributed by atoms with van der Waals surface area (Å²) in [4.78, 5) is 38.7. The van der Waals surface area contributed by atoms with E-state index in [2.05, 4.69) is 10.6 Å². The van der Waals surface area contributed by atoms with Crippen LogP contribution in [0.25, 0.3) is 0 Å². The molecule has 1 aliphatic heterocycles. The highest BCUT2D eigenvalue weighted by Crippen LogP contribution is 2.27. The summed E-state index contributed by atoms with van der Waals surface area (Å²) in [5.41, 5.74) is 0.790. The number of nitrogens with one attached hydrogen (secondary N) is 2. The first-order chi connectivity index (χ1) is 12.4. The molecule has 2 rings (SSSR count). The van der Waals surface area contributed by atoms with Crippen LogP contribution in [0.5, 0.6) is 0 Å². The number of piperidine rings is 1. The highest BCUT2D eigenvalue weighted by atomic mass is 32.1. The van der Waals surface area contributed by atoms with Gasteiger partial charge in [0.1, 0.15) is 4.88 Å². The number of likely N-dealkylation sites (tertiary alicyclic amines) is 1. The molecule has 0 spiro atoms. The Kier molecular flexibility index (Phi) is 7.59. The summed E-state index contributed by atoms with van der Waals surface area (Å²) in [6.07, 6.45) is 1.76. The normalized spacial score (nSPS) is 17.6. The monoisotopic (exact) mass is 381 g/mol. The second kappa shape index (κ2) is 9.68. The highest BCUT2D eigenvalue weighted by Gasteiger charge is 2.26. The van der Waals surface area contributed by atoms with E-state index in [0.717, 1.165) is 24.9 Å². The number of esters is 1. The number of thiophene rings is 1. The Balaban J connectivity index is 1.89. The summed E-state index contributed by atoms with van der Waals surface area (Å²) in [6.45, 7) is 8.06. The number of rotatable bonds is 7. The number of aryl methyl sites for hydroxylation is 1. The zero-order valence-electron chi connectivity index (χ0n) is 15.6. The lowest BCUT2D eigenvalue weighted by atomic mass is 9.97. The van der Waals surface area contributed by atoms with Crippen LogP contribution in [-0.4, -0.2) is 55.5 Å². The number of hydrogen-bond acceptors (Lipinski definition) is 6. The van der Waals surface area contributed by atoms with Gasteiger partial charge in [0, 0.05) is 13.1 Å². The van der Waals surface area contributed by atoms with Gasteiger partial charge in [-0.15, -0.1) is 11.3 Å². The molecule has 26 heavy (non-hydrogen) atoms. The predicted octanol–water partition coefficient (Wildman–Crippen LogP) is 2.02. The molecule has 2 amide bonds. The lowest BCUT2D eigenvalue weighted by Gasteiger charge is -2.31. The van der Waals surface area contributed by atoms with E-state index in [-0.39, 0.29) is 30.2 Å². The van der Waals surface area contributed by atoms with Gasteiger partial charge in [-0.05, 0) is 51.8 Å². The van der Waals surface area contributed by atoms with Gasteiger partial charge in [-0.3, -0.25) is 14.5 Å². The summed E-state index contributed by atoms with van der Waals surface area (Å²) >= 11 is 1.22. The molecule has 1 aromatic rings. The fourth-order valence-corrected chi connectivity index (χ4v) is 4.04. The molecular weight excluding hydrogens is 354 g/mol. The molecular formula is C18H27N3O4S. The number of ether oxygens (including phenoxy) is 1. The van der Waals surface area contributed by atoms with Gasteiger partial charge >= 0.3 is 5.97 Å². The maximum absolute atomic E-state index is 12.3. The molecule has 0 aliphatic carbocycles. The molecule has 8 heteroatoms. The molecule has 1 unspecified atom stereocenters. The number of nitrogens with zero attached hydrogens (tertiary/aromatic N) is 1. The van der Waals surface area contributed by atoms with Crippen molar-refractivity contribution in [1.82, 2.24) is 10.2 Å². The van der Waals surface area contributed by atoms with Gasteiger partial charge in [-0.25, -0.2) is 4.79 Å². The van der Waals surface area contributed by atoms with E-state index >= 15 is 0 Å². The average Bonchev–Trinajstić information content (AvgIpc) is 2.95. The van der Waals surface area contributed by atoms with Gasteiger partial charge in [0.2, 0.25) is 11.8 Å². The third kappa shape index (κ3) is 5.54. The standard InChI is InChI=1S/C18H27N3O4S/c1-4-19-17(23)13-7-6-8-21(10-13)11-14(22)20-15-9-12(3)16(26-15)18(24)25-5-2/h9,13H,4-8,10-11H2,1-3H3,(H,19,23)(H,20,22). The van der Waals surface area contributed by atoms with E-state index in [1.807, 2.05) is 18.7 Å². The third-order valence-electron chi connectivity index (χ3n) is 4.24. The Morgan fingerprint density at radius 2 is 2.12 bits per heavy atom. The number of carbonyl (C=O) groups is 3. The minimum absolute atomic E-state index is 0.0594. The van der Waals surface area contributed by atoms with Gasteiger partial charge in [0.25, 0.3) is 0 Å². The molecule has 0 saturated carbocycles. The van der Waals surface area contributed by atoms with Gasteiger partial charge in [0.05, 0.1) is 24.1 Å². The van der Waals surface area contributed by atoms with Crippen molar-refractivity contribution in [3.05, 3.63) is 16.5 Å². The molecule has 2 heterocycles. The summed E-state index contributed by atoms with van der Waals surface area (Å²) in [5, 5.41) is 6.33. The van der Waals surface area contributed by atoms with Crippen molar-refractivity contribution in [2.24, 2.45) is 5.92 Å². The lowest BCUT2D eigenvalue weighted by Crippen LogP contribution is -2.45. The van der Waals surface area contributed by atoms with E-state index < -0.39 is 0 Å². The smallest absolute Gasteiger partial charge is 0.348 e. The molecule has 0 radical (unpaired) electrons. The van der Waals surface area contributed by atoms with Crippen LogP contribution >= 0.6 is 11.3 Å². The van der Waals surface area contributed by atoms with Crippen LogP contribution in [0.15, 0.2) is 6.07 Å². The van der Waals surface area contributed by atoms with E-state index in [0.29, 0.717) is 29.6 Å². The van der Waals surface area contributed by atoms with Crippen LogP contribution in [0, 0.1) is 12.8 Å². The van der Waals surface area contributed by atoms with Crippen molar-refractivity contribution < 1.29 is 19.1 Å². The van der Waals surface area contributed by atoms with Gasteiger partial charge < -0.3 is 15.4 Å². The quantitative estimate of drug-likeness (QED) is 0.706. The minimum Gasteiger partial charge on any atom is -0.462 e. The Morgan fingerprint density at radius 3 is 2.81 bits per heavy atom. The van der Waals surface area contributed by atoms with Crippen molar-refractivity contribution in [3.63, 3.8) is 0 Å². The average molecular weight is 381 g/mol. The minimum atomic E-state index is -0.365. The van der Waals surface area contributed by atoms with Gasteiger partial charge in [-0.2, -0.15) is 0 Å². The molecule has 144 valence electrons. The summed E-state index contributed by atoms with van der Waals surface area (Å²) < 4.78 is 5.02. The van der Waals surface area contributed by atoms with Crippen LogP contribution in [0.3, 0.4) is 0 Å². The van der Waals surface area contributed by atoms with Crippen LogP contribution < -0.4 is 10.6 Å². The summed E-state index contributed by atoms with van der Waals surface area (Å²) in [6, 6.07) is 1.78. The molecule has 1 aromatic heterocycles. The van der Waals surface area contributed by atoms with Gasteiger partial charge in [-0.1, -0.05) is 0 Å². The van der Waals surface area contributed by atoms with Crippen LogP contribution in [-0.2, 0) is 14.3 Å². The summed E-state index contributed by atoms with van der Waals surface area (Å²) in [7, 11) is 0. The molecule has 1 aliphatic rings. The van der Waals surface area contributed by atoms with Crippen molar-refractivity contribution in [2.45, 2.75) is 33.6 Å². The van der Waals surface area contributed by atoms with Crippen LogP contribution in [0.1, 0.15) is 41.9 Å². The Labute approximate surface area is 158 Å². The maximum Gasteiger partial charge on any atom is 0.348 e. The maximum atomic E-state index is 12.3. The Morgan fingerprint density at radius 1 is 1.35 bits per heavy atom. The van der Waals surface area contributed by atoms with Crippen LogP contribution in [0.2, 0.25) is 0 Å². The Hall–Kier alpha value is -1.93. The molecule has 0 bridgehead atoms. The molecule has 1 fully saturated rings. The number of hydrogen-bond donors (Lipinski definition) is 2. The SMILES string of the molecule is CCNC(=O)C1CCCN(CC(=O)Nc2cc(C)c(C(=O)OCC)s2)C1. The first-order valence-corrected chi connectivity index (χ1v) is 9.83. The van der Waals surface area contributed by atoms with Crippen molar-refractivity contribution in [1.29, 1.82) is 0 Å². The largest absolute Gasteiger partial charge is 0.462 e. The Bertz CT molecular complexity index is 659. The van der Waals surface area contributed by atoms with E-state index in [1.165, 1.54) is 11.3 Å². The lowest BCUT2D eigenvalue weighted by molar-refractivity contribution is -0.127. The fraction of sp³-hybridized carbons (Fsp3) is 0.611. The molecule has 1 atom stereocenters. The van der Waals surface area contributed by atoms with E-state index in [1.54, 1.807) is 13.0 Å². The van der Waals surface area contributed by atoms with Gasteiger partial charge in [0.15, 0.2) is 0 Å². The zero-order valence-corrected chi connectivity index (χ0v) is 16.4. The summed E-state index contributed by atoms with van der Waals surface area (Å²) in [5.74, 6) is -0.504. The molecule has 7 nitrogen and oxygen atoms in total. The predicted molar refractivity (Wildman–Crippen MR) is 101 cm³/mol. The van der Waals surface area contributed by atoms with E-state index in [4.69, 9.17) is 4.74 Å². The van der Waals surface area contributed by atoms with Crippen molar-refractivity contribution in [2.75, 3.05) is 38.1 Å².